The second kappa shape index (κ2) is 16.5. The monoisotopic (exact) mass is 908 g/mol. The zero-order chi connectivity index (χ0) is 46.8. The Labute approximate surface area is 408 Å². The van der Waals surface area contributed by atoms with Crippen molar-refractivity contribution < 1.29 is 4.42 Å². The summed E-state index contributed by atoms with van der Waals surface area (Å²) >= 11 is 0. The van der Waals surface area contributed by atoms with Gasteiger partial charge in [0.2, 0.25) is 11.8 Å². The van der Waals surface area contributed by atoms with Crippen molar-refractivity contribution in [3.05, 3.63) is 243 Å². The Morgan fingerprint density at radius 2 is 0.831 bits per heavy atom. The Hall–Kier alpha value is -9.72. The molecule has 7 nitrogen and oxygen atoms in total. The first kappa shape index (κ1) is 40.4. The van der Waals surface area contributed by atoms with Crippen molar-refractivity contribution >= 4 is 54.7 Å². The van der Waals surface area contributed by atoms with Gasteiger partial charge in [0.25, 0.3) is 0 Å². The maximum Gasteiger partial charge on any atom is 0.238 e. The SMILES string of the molecule is c1ccc(-c2cccc(-c3nc(-c4ccccc4-c4ccccc4)nc(-n4c5ccccc5c5ccc6c7ccccc7n(-c7ccc(-c8cccc9nc(-c%10ccccc%10)oc89)cc7)c6c54)n3)c2)cc1. The van der Waals surface area contributed by atoms with Crippen LogP contribution in [0.5, 0.6) is 0 Å². The molecule has 4 aromatic heterocycles. The van der Waals surface area contributed by atoms with Crippen LogP contribution in [0.15, 0.2) is 247 Å². The van der Waals surface area contributed by atoms with Crippen LogP contribution in [0.2, 0.25) is 0 Å². The van der Waals surface area contributed by atoms with Gasteiger partial charge in [-0.3, -0.25) is 4.57 Å². The fraction of sp³-hybridized carbons (Fsp3) is 0. The van der Waals surface area contributed by atoms with Crippen LogP contribution in [0.3, 0.4) is 0 Å². The number of aromatic nitrogens is 6. The van der Waals surface area contributed by atoms with E-state index >= 15 is 0 Å². The molecule has 7 heteroatoms. The predicted octanol–water partition coefficient (Wildman–Crippen LogP) is 16.2. The number of hydrogen-bond donors (Lipinski definition) is 0. The quantitative estimate of drug-likeness (QED) is 0.152. The summed E-state index contributed by atoms with van der Waals surface area (Å²) in [5.74, 6) is 2.30. The van der Waals surface area contributed by atoms with Crippen molar-refractivity contribution in [2.45, 2.75) is 0 Å². The van der Waals surface area contributed by atoms with Crippen molar-refractivity contribution in [1.82, 2.24) is 29.1 Å². The molecule has 0 aliphatic rings. The van der Waals surface area contributed by atoms with Crippen molar-refractivity contribution in [3.63, 3.8) is 0 Å². The molecule has 14 aromatic rings. The molecule has 0 aliphatic carbocycles. The zero-order valence-corrected chi connectivity index (χ0v) is 38.2. The van der Waals surface area contributed by atoms with Crippen LogP contribution in [0, 0.1) is 0 Å². The number of para-hydroxylation sites is 3. The Morgan fingerprint density at radius 1 is 0.310 bits per heavy atom. The maximum absolute atomic E-state index is 6.48. The highest BCUT2D eigenvalue weighted by Gasteiger charge is 2.24. The van der Waals surface area contributed by atoms with Crippen LogP contribution in [-0.4, -0.2) is 29.1 Å². The van der Waals surface area contributed by atoms with Gasteiger partial charge in [0.1, 0.15) is 5.52 Å². The molecule has 10 aromatic carbocycles. The van der Waals surface area contributed by atoms with E-state index in [1.54, 1.807) is 0 Å². The van der Waals surface area contributed by atoms with E-state index in [0.29, 0.717) is 23.5 Å². The molecule has 0 saturated carbocycles. The van der Waals surface area contributed by atoms with Crippen molar-refractivity contribution in [2.24, 2.45) is 0 Å². The molecule has 0 atom stereocenters. The van der Waals surface area contributed by atoms with Crippen molar-refractivity contribution in [3.8, 4) is 79.2 Å². The molecule has 0 aliphatic heterocycles. The standard InChI is InChI=1S/C64H40N6O/c1-4-18-41(19-5-1)45-24-16-25-46(40-45)61-66-62(54-29-11-10-26-48(54)42-20-6-2-7-21-42)68-64(67-61)70-57-33-15-13-28-51(57)53-39-38-52-50-27-12-14-32-56(50)69(58(52)59(53)70)47-36-34-43(35-37-47)49-30-17-31-55-60(49)71-63(65-55)44-22-8-3-9-23-44/h1-40H. The molecule has 0 N–H and O–H groups in total. The lowest BCUT2D eigenvalue weighted by Crippen LogP contribution is -2.07. The van der Waals surface area contributed by atoms with Crippen LogP contribution < -0.4 is 0 Å². The molecule has 0 unspecified atom stereocenters. The van der Waals surface area contributed by atoms with Gasteiger partial charge >= 0.3 is 0 Å². The number of rotatable bonds is 8. The summed E-state index contributed by atoms with van der Waals surface area (Å²) in [6.07, 6.45) is 0. The van der Waals surface area contributed by atoms with E-state index in [1.807, 2.05) is 54.6 Å². The molecule has 71 heavy (non-hydrogen) atoms. The lowest BCUT2D eigenvalue weighted by atomic mass is 9.99. The highest BCUT2D eigenvalue weighted by Crippen LogP contribution is 2.43. The highest BCUT2D eigenvalue weighted by atomic mass is 16.3. The van der Waals surface area contributed by atoms with E-state index in [2.05, 4.69) is 197 Å². The van der Waals surface area contributed by atoms with E-state index < -0.39 is 0 Å². The molecular formula is C64H40N6O. The Kier molecular flexibility index (Phi) is 9.38. The van der Waals surface area contributed by atoms with Gasteiger partial charge in [0, 0.05) is 49.5 Å². The number of nitrogens with zero attached hydrogens (tertiary/aromatic N) is 6. The van der Waals surface area contributed by atoms with Gasteiger partial charge < -0.3 is 8.98 Å². The summed E-state index contributed by atoms with van der Waals surface area (Å²) in [6, 6.07) is 84.5. The van der Waals surface area contributed by atoms with Gasteiger partial charge in [-0.05, 0) is 76.3 Å². The topological polar surface area (TPSA) is 74.6 Å². The lowest BCUT2D eigenvalue weighted by molar-refractivity contribution is 0.621. The van der Waals surface area contributed by atoms with Crippen LogP contribution in [0.4, 0.5) is 0 Å². The molecule has 0 saturated heterocycles. The summed E-state index contributed by atoms with van der Waals surface area (Å²) < 4.78 is 11.1. The van der Waals surface area contributed by atoms with Crippen LogP contribution in [0.25, 0.3) is 134 Å². The Morgan fingerprint density at radius 3 is 1.55 bits per heavy atom. The molecule has 0 spiro atoms. The molecule has 14 rings (SSSR count). The third-order valence-corrected chi connectivity index (χ3v) is 13.6. The van der Waals surface area contributed by atoms with Gasteiger partial charge in [0.05, 0.1) is 22.1 Å². The van der Waals surface area contributed by atoms with Crippen LogP contribution in [0.1, 0.15) is 0 Å². The summed E-state index contributed by atoms with van der Waals surface area (Å²) in [4.78, 5) is 21.2. The van der Waals surface area contributed by atoms with E-state index in [-0.39, 0.29) is 0 Å². The molecule has 0 radical (unpaired) electrons. The van der Waals surface area contributed by atoms with Crippen molar-refractivity contribution in [2.75, 3.05) is 0 Å². The van der Waals surface area contributed by atoms with Crippen molar-refractivity contribution in [1.29, 1.82) is 0 Å². The second-order valence-electron chi connectivity index (χ2n) is 17.8. The van der Waals surface area contributed by atoms with Gasteiger partial charge in [-0.2, -0.15) is 9.97 Å². The number of fused-ring (bicyclic) bond motifs is 8. The molecule has 4 heterocycles. The predicted molar refractivity (Wildman–Crippen MR) is 289 cm³/mol. The number of hydrogen-bond acceptors (Lipinski definition) is 5. The lowest BCUT2D eigenvalue weighted by Gasteiger charge is -2.15. The smallest absolute Gasteiger partial charge is 0.238 e. The molecule has 0 fully saturated rings. The third-order valence-electron chi connectivity index (χ3n) is 13.6. The maximum atomic E-state index is 6.48. The first-order chi connectivity index (χ1) is 35.2. The van der Waals surface area contributed by atoms with E-state index in [4.69, 9.17) is 24.4 Å². The molecule has 0 bridgehead atoms. The second-order valence-corrected chi connectivity index (χ2v) is 17.8. The molecular weight excluding hydrogens is 869 g/mol. The van der Waals surface area contributed by atoms with Gasteiger partial charge in [-0.1, -0.05) is 194 Å². The normalized spacial score (nSPS) is 11.7. The van der Waals surface area contributed by atoms with Crippen LogP contribution in [-0.2, 0) is 0 Å². The van der Waals surface area contributed by atoms with E-state index in [0.717, 1.165) is 110 Å². The number of oxazole rings is 1. The molecule has 0 amide bonds. The highest BCUT2D eigenvalue weighted by molar-refractivity contribution is 6.23. The molecule has 332 valence electrons. The van der Waals surface area contributed by atoms with Crippen LogP contribution >= 0.6 is 0 Å². The number of benzene rings is 10. The largest absolute Gasteiger partial charge is 0.435 e. The fourth-order valence-electron chi connectivity index (χ4n) is 10.4. The Bertz CT molecular complexity index is 4330. The summed E-state index contributed by atoms with van der Waals surface area (Å²) in [5, 5.41) is 4.47. The zero-order valence-electron chi connectivity index (χ0n) is 38.2. The average Bonchev–Trinajstić information content (AvgIpc) is 4.15. The summed E-state index contributed by atoms with van der Waals surface area (Å²) in [5.41, 5.74) is 15.8. The summed E-state index contributed by atoms with van der Waals surface area (Å²) in [7, 11) is 0. The van der Waals surface area contributed by atoms with Gasteiger partial charge in [-0.25, -0.2) is 9.97 Å². The van der Waals surface area contributed by atoms with E-state index in [9.17, 15) is 0 Å². The van der Waals surface area contributed by atoms with E-state index in [1.165, 1.54) is 0 Å². The third kappa shape index (κ3) is 6.74. The minimum atomic E-state index is 0.527. The fourth-order valence-corrected chi connectivity index (χ4v) is 10.4. The minimum absolute atomic E-state index is 0.527. The van der Waals surface area contributed by atoms with Gasteiger partial charge in [-0.15, -0.1) is 0 Å². The van der Waals surface area contributed by atoms with Gasteiger partial charge in [0.15, 0.2) is 17.2 Å². The average molecular weight is 909 g/mol. The minimum Gasteiger partial charge on any atom is -0.435 e. The first-order valence-corrected chi connectivity index (χ1v) is 23.8. The summed E-state index contributed by atoms with van der Waals surface area (Å²) in [6.45, 7) is 0. The first-order valence-electron chi connectivity index (χ1n) is 23.8. The Balaban J connectivity index is 1.02.